The first-order valence-corrected chi connectivity index (χ1v) is 13.4. The number of nitrogens with zero attached hydrogens (tertiary/aromatic N) is 5. The molecule has 2 aliphatic rings. The molecule has 9 nitrogen and oxygen atoms in total. The van der Waals surface area contributed by atoms with Gasteiger partial charge in [-0.3, -0.25) is 4.79 Å². The third-order valence-corrected chi connectivity index (χ3v) is 8.48. The van der Waals surface area contributed by atoms with Crippen molar-refractivity contribution in [1.29, 1.82) is 0 Å². The molecule has 39 heavy (non-hydrogen) atoms. The topological polar surface area (TPSA) is 127 Å². The molecule has 4 heterocycles. The lowest BCUT2D eigenvalue weighted by Gasteiger charge is -2.24. The van der Waals surface area contributed by atoms with Crippen molar-refractivity contribution in [3.05, 3.63) is 76.8 Å². The Labute approximate surface area is 228 Å². The number of pyridine rings is 1. The van der Waals surface area contributed by atoms with Crippen molar-refractivity contribution in [3.8, 4) is 28.0 Å². The zero-order valence-corrected chi connectivity index (χ0v) is 22.2. The largest absolute Gasteiger partial charge is 0.474 e. The van der Waals surface area contributed by atoms with Crippen molar-refractivity contribution in [1.82, 2.24) is 24.8 Å². The minimum atomic E-state index is -1.01. The first-order valence-electron chi connectivity index (χ1n) is 12.6. The number of aliphatic hydroxyl groups excluding tert-OH is 1. The number of likely N-dealkylation sites (tertiary alicyclic amines) is 1. The number of aliphatic hydroxyl groups is 1. The van der Waals surface area contributed by atoms with Gasteiger partial charge in [-0.1, -0.05) is 0 Å². The highest BCUT2D eigenvalue weighted by Gasteiger charge is 2.59. The molecule has 1 unspecified atom stereocenters. The van der Waals surface area contributed by atoms with Crippen LogP contribution in [-0.4, -0.2) is 61.6 Å². The van der Waals surface area contributed by atoms with Gasteiger partial charge < -0.3 is 20.5 Å². The van der Waals surface area contributed by atoms with Gasteiger partial charge in [0, 0.05) is 48.9 Å². The molecule has 0 bridgehead atoms. The Kier molecular flexibility index (Phi) is 6.37. The normalized spacial score (nSPS) is 21.4. The van der Waals surface area contributed by atoms with E-state index in [-0.39, 0.29) is 36.3 Å². The van der Waals surface area contributed by atoms with Crippen LogP contribution >= 0.6 is 11.3 Å². The van der Waals surface area contributed by atoms with E-state index in [0.717, 1.165) is 0 Å². The number of nitrogens with two attached hydrogens (primary N) is 1. The summed E-state index contributed by atoms with van der Waals surface area (Å²) < 4.78 is 19.8. The van der Waals surface area contributed by atoms with Gasteiger partial charge in [0.25, 0.3) is 5.91 Å². The first kappa shape index (κ1) is 25.5. The van der Waals surface area contributed by atoms with Crippen LogP contribution in [0.5, 0.6) is 5.88 Å². The molecule has 1 saturated carbocycles. The number of amides is 1. The molecular weight excluding hydrogens is 519 g/mol. The lowest BCUT2D eigenvalue weighted by molar-refractivity contribution is 0.0755. The molecule has 200 valence electrons. The van der Waals surface area contributed by atoms with Crippen molar-refractivity contribution in [2.24, 2.45) is 17.6 Å². The predicted octanol–water partition coefficient (Wildman–Crippen LogP) is 3.43. The molecule has 1 aliphatic heterocycles. The number of halogens is 1. The second-order valence-electron chi connectivity index (χ2n) is 10.3. The van der Waals surface area contributed by atoms with Crippen LogP contribution in [0.4, 0.5) is 4.39 Å². The van der Waals surface area contributed by atoms with Crippen molar-refractivity contribution in [3.63, 3.8) is 0 Å². The average molecular weight is 547 g/mol. The number of thiazole rings is 1. The summed E-state index contributed by atoms with van der Waals surface area (Å²) in [5, 5.41) is 10.5. The summed E-state index contributed by atoms with van der Waals surface area (Å²) in [6.07, 6.45) is 3.23. The SMILES string of the molecule is Cc1nc(-c2ncccn2)sc1C(=O)N1C[C@@H]2[C@H](C1)[C@H]2Oc1cc(C(C)(N)CO)cc(-c2ccc(F)cc2)n1. The number of benzene rings is 1. The van der Waals surface area contributed by atoms with E-state index >= 15 is 0 Å². The zero-order chi connectivity index (χ0) is 27.3. The van der Waals surface area contributed by atoms with Crippen LogP contribution in [0.15, 0.2) is 54.9 Å². The molecule has 3 N–H and O–H groups in total. The number of ether oxygens (including phenoxy) is 1. The highest BCUT2D eigenvalue weighted by molar-refractivity contribution is 7.17. The molecule has 1 amide bonds. The summed E-state index contributed by atoms with van der Waals surface area (Å²) in [7, 11) is 0. The molecule has 1 aromatic carbocycles. The lowest BCUT2D eigenvalue weighted by atomic mass is 9.93. The van der Waals surface area contributed by atoms with Gasteiger partial charge in [-0.2, -0.15) is 0 Å². The fraction of sp³-hybridized carbons (Fsp3) is 0.321. The molecule has 11 heteroatoms. The maximum atomic E-state index is 13.5. The first-order chi connectivity index (χ1) is 18.7. The van der Waals surface area contributed by atoms with E-state index in [2.05, 4.69) is 19.9 Å². The number of rotatable bonds is 7. The Morgan fingerprint density at radius 1 is 1.18 bits per heavy atom. The standard InChI is InChI=1S/C28H27FN6O3S/c1-15-24(39-26(33-15)25-31-8-3-9-32-25)27(37)35-12-19-20(13-35)23(19)38-22-11-17(28(2,30)14-36)10-21(34-22)16-4-6-18(29)7-5-16/h3-11,19-20,23,36H,12-14,30H2,1-2H3/t19-,20+,23+,28?. The highest BCUT2D eigenvalue weighted by Crippen LogP contribution is 2.48. The van der Waals surface area contributed by atoms with Gasteiger partial charge >= 0.3 is 0 Å². The van der Waals surface area contributed by atoms with Crippen LogP contribution in [0.2, 0.25) is 0 Å². The maximum Gasteiger partial charge on any atom is 0.265 e. The molecule has 4 atom stereocenters. The van der Waals surface area contributed by atoms with Crippen LogP contribution < -0.4 is 10.5 Å². The summed E-state index contributed by atoms with van der Waals surface area (Å²) in [6.45, 7) is 4.46. The summed E-state index contributed by atoms with van der Waals surface area (Å²) in [4.78, 5) is 33.4. The molecule has 6 rings (SSSR count). The second kappa shape index (κ2) is 9.74. The molecule has 4 aromatic rings. The summed E-state index contributed by atoms with van der Waals surface area (Å²) in [6, 6.07) is 11.3. The number of aryl methyl sites for hydroxylation is 1. The number of fused-ring (bicyclic) bond motifs is 1. The second-order valence-corrected chi connectivity index (χ2v) is 11.3. The van der Waals surface area contributed by atoms with E-state index in [1.165, 1.54) is 23.5 Å². The van der Waals surface area contributed by atoms with Crippen molar-refractivity contribution < 1.29 is 19.0 Å². The molecule has 3 aromatic heterocycles. The van der Waals surface area contributed by atoms with Crippen LogP contribution in [0.25, 0.3) is 22.1 Å². The van der Waals surface area contributed by atoms with E-state index in [4.69, 9.17) is 10.5 Å². The van der Waals surface area contributed by atoms with E-state index in [1.54, 1.807) is 49.6 Å². The van der Waals surface area contributed by atoms with E-state index in [1.807, 2.05) is 11.8 Å². The van der Waals surface area contributed by atoms with Crippen LogP contribution in [-0.2, 0) is 5.54 Å². The maximum absolute atomic E-state index is 13.5. The quantitative estimate of drug-likeness (QED) is 0.361. The molecular formula is C28H27FN6O3S. The Morgan fingerprint density at radius 2 is 1.87 bits per heavy atom. The fourth-order valence-corrected chi connectivity index (χ4v) is 5.93. The minimum Gasteiger partial charge on any atom is -0.474 e. The number of carbonyl (C=O) groups is 1. The fourth-order valence-electron chi connectivity index (χ4n) is 4.95. The molecule has 1 saturated heterocycles. The highest BCUT2D eigenvalue weighted by atomic mass is 32.1. The van der Waals surface area contributed by atoms with Crippen LogP contribution in [0.3, 0.4) is 0 Å². The van der Waals surface area contributed by atoms with Crippen molar-refractivity contribution in [2.45, 2.75) is 25.5 Å². The van der Waals surface area contributed by atoms with Gasteiger partial charge in [0.05, 0.1) is 23.5 Å². The van der Waals surface area contributed by atoms with Gasteiger partial charge in [-0.25, -0.2) is 24.3 Å². The number of piperidine rings is 1. The molecule has 2 fully saturated rings. The van der Waals surface area contributed by atoms with Crippen molar-refractivity contribution >= 4 is 17.2 Å². The number of hydrogen-bond donors (Lipinski definition) is 2. The molecule has 1 aliphatic carbocycles. The number of hydrogen-bond acceptors (Lipinski definition) is 9. The van der Waals surface area contributed by atoms with Gasteiger partial charge in [0.1, 0.15) is 16.8 Å². The monoisotopic (exact) mass is 546 g/mol. The Hall–Kier alpha value is -3.80. The van der Waals surface area contributed by atoms with E-state index < -0.39 is 5.54 Å². The van der Waals surface area contributed by atoms with E-state index in [9.17, 15) is 14.3 Å². The molecule has 0 radical (unpaired) electrons. The van der Waals surface area contributed by atoms with Gasteiger partial charge in [-0.05, 0) is 55.8 Å². The lowest BCUT2D eigenvalue weighted by Crippen LogP contribution is -2.37. The number of carbonyl (C=O) groups excluding carboxylic acids is 1. The van der Waals surface area contributed by atoms with Gasteiger partial charge in [-0.15, -0.1) is 11.3 Å². The third-order valence-electron chi connectivity index (χ3n) is 7.34. The Morgan fingerprint density at radius 3 is 2.54 bits per heavy atom. The Bertz CT molecular complexity index is 1520. The summed E-state index contributed by atoms with van der Waals surface area (Å²) >= 11 is 1.31. The summed E-state index contributed by atoms with van der Waals surface area (Å²) in [5.41, 5.74) is 7.94. The van der Waals surface area contributed by atoms with Crippen LogP contribution in [0.1, 0.15) is 27.9 Å². The predicted molar refractivity (Wildman–Crippen MR) is 143 cm³/mol. The zero-order valence-electron chi connectivity index (χ0n) is 21.4. The average Bonchev–Trinajstić information content (AvgIpc) is 3.25. The van der Waals surface area contributed by atoms with E-state index in [0.29, 0.717) is 57.2 Å². The number of aromatic nitrogens is 4. The Balaban J connectivity index is 1.17. The smallest absolute Gasteiger partial charge is 0.265 e. The van der Waals surface area contributed by atoms with Crippen molar-refractivity contribution in [2.75, 3.05) is 19.7 Å². The van der Waals surface area contributed by atoms with Gasteiger partial charge in [0.2, 0.25) is 5.88 Å². The van der Waals surface area contributed by atoms with Gasteiger partial charge in [0.15, 0.2) is 10.8 Å². The summed E-state index contributed by atoms with van der Waals surface area (Å²) in [5.74, 6) is 0.904. The third kappa shape index (κ3) is 4.88. The molecule has 0 spiro atoms. The van der Waals surface area contributed by atoms with Crippen LogP contribution in [0, 0.1) is 24.6 Å². The minimum absolute atomic E-state index is 0.0429.